The molecule has 1 aromatic carbocycles. The van der Waals surface area contributed by atoms with Crippen molar-refractivity contribution in [3.8, 4) is 0 Å². The zero-order valence-electron chi connectivity index (χ0n) is 17.4. The van der Waals surface area contributed by atoms with Crippen LogP contribution in [0.3, 0.4) is 0 Å². The lowest BCUT2D eigenvalue weighted by Gasteiger charge is -2.11. The number of aliphatic hydroxyl groups excluding tert-OH is 2. The van der Waals surface area contributed by atoms with Crippen molar-refractivity contribution in [2.24, 2.45) is 5.92 Å². The van der Waals surface area contributed by atoms with E-state index in [-0.39, 0.29) is 12.1 Å². The van der Waals surface area contributed by atoms with Gasteiger partial charge < -0.3 is 14.9 Å². The minimum atomic E-state index is -0.126. The summed E-state index contributed by atoms with van der Waals surface area (Å²) < 4.78 is 5.29. The van der Waals surface area contributed by atoms with Gasteiger partial charge in [-0.3, -0.25) is 4.79 Å². The van der Waals surface area contributed by atoms with E-state index >= 15 is 0 Å². The molecule has 2 rings (SSSR count). The molecule has 0 aromatic heterocycles. The molecule has 0 radical (unpaired) electrons. The van der Waals surface area contributed by atoms with Gasteiger partial charge in [-0.1, -0.05) is 63.4 Å². The molecule has 0 amide bonds. The van der Waals surface area contributed by atoms with Gasteiger partial charge in [0.15, 0.2) is 0 Å². The highest BCUT2D eigenvalue weighted by molar-refractivity contribution is 5.66. The summed E-state index contributed by atoms with van der Waals surface area (Å²) in [5, 5.41) is 14.0. The standard InChI is InChI=1S/C18H26O2.C2H6.2CH4O/c1-15(19)20-18-13-12-17(14-18)11-7-3-6-10-16-8-4-2-5-9-16;3*1-2/h2,4-5,8-9,17-18H,3,6-7,10-14H2,1H3;1-2H3;2*2H,1H3. The van der Waals surface area contributed by atoms with Crippen molar-refractivity contribution in [3.63, 3.8) is 0 Å². The Kier molecular flexibility index (Phi) is 20.6. The highest BCUT2D eigenvalue weighted by Gasteiger charge is 2.26. The third-order valence-electron chi connectivity index (χ3n) is 4.25. The van der Waals surface area contributed by atoms with E-state index in [0.29, 0.717) is 0 Å². The first-order chi connectivity index (χ1) is 12.7. The molecule has 2 atom stereocenters. The van der Waals surface area contributed by atoms with Crippen LogP contribution in [0, 0.1) is 5.92 Å². The van der Waals surface area contributed by atoms with E-state index in [1.54, 1.807) is 0 Å². The van der Waals surface area contributed by atoms with Crippen molar-refractivity contribution in [2.75, 3.05) is 14.2 Å². The summed E-state index contributed by atoms with van der Waals surface area (Å²) in [7, 11) is 2.00. The van der Waals surface area contributed by atoms with E-state index in [0.717, 1.165) is 33.0 Å². The molecular formula is C22H40O4. The fourth-order valence-corrected chi connectivity index (χ4v) is 3.22. The van der Waals surface area contributed by atoms with Gasteiger partial charge in [0.25, 0.3) is 0 Å². The smallest absolute Gasteiger partial charge is 0.302 e. The van der Waals surface area contributed by atoms with Gasteiger partial charge in [-0.05, 0) is 43.6 Å². The number of carbonyl (C=O) groups excluding carboxylic acids is 1. The molecule has 4 heteroatoms. The maximum Gasteiger partial charge on any atom is 0.302 e. The average molecular weight is 369 g/mol. The van der Waals surface area contributed by atoms with Crippen molar-refractivity contribution in [1.29, 1.82) is 0 Å². The van der Waals surface area contributed by atoms with E-state index in [4.69, 9.17) is 14.9 Å². The summed E-state index contributed by atoms with van der Waals surface area (Å²) in [6.45, 7) is 5.51. The summed E-state index contributed by atoms with van der Waals surface area (Å²) in [5.41, 5.74) is 1.45. The van der Waals surface area contributed by atoms with Crippen molar-refractivity contribution >= 4 is 5.97 Å². The van der Waals surface area contributed by atoms with Crippen LogP contribution in [0.2, 0.25) is 0 Å². The van der Waals surface area contributed by atoms with Crippen molar-refractivity contribution in [1.82, 2.24) is 0 Å². The number of esters is 1. The fourth-order valence-electron chi connectivity index (χ4n) is 3.22. The molecule has 4 nitrogen and oxygen atoms in total. The van der Waals surface area contributed by atoms with Crippen LogP contribution in [0.15, 0.2) is 30.3 Å². The number of rotatable bonds is 7. The van der Waals surface area contributed by atoms with E-state index in [2.05, 4.69) is 30.3 Å². The molecule has 2 unspecified atom stereocenters. The highest BCUT2D eigenvalue weighted by Crippen LogP contribution is 2.31. The number of hydrogen-bond acceptors (Lipinski definition) is 4. The van der Waals surface area contributed by atoms with Gasteiger partial charge in [-0.15, -0.1) is 0 Å². The molecule has 1 aromatic rings. The largest absolute Gasteiger partial charge is 0.463 e. The molecule has 1 aliphatic carbocycles. The minimum Gasteiger partial charge on any atom is -0.463 e. The summed E-state index contributed by atoms with van der Waals surface area (Å²) in [6.07, 6.45) is 9.97. The molecular weight excluding hydrogens is 328 g/mol. The van der Waals surface area contributed by atoms with Crippen molar-refractivity contribution < 1.29 is 19.7 Å². The zero-order valence-corrected chi connectivity index (χ0v) is 17.4. The molecule has 0 heterocycles. The van der Waals surface area contributed by atoms with Gasteiger partial charge in [-0.25, -0.2) is 0 Å². The second-order valence-electron chi connectivity index (χ2n) is 6.00. The lowest BCUT2D eigenvalue weighted by atomic mass is 9.98. The third kappa shape index (κ3) is 13.9. The molecule has 0 saturated heterocycles. The van der Waals surface area contributed by atoms with E-state index < -0.39 is 0 Å². The van der Waals surface area contributed by atoms with Gasteiger partial charge in [0.05, 0.1) is 0 Å². The van der Waals surface area contributed by atoms with Gasteiger partial charge in [0.1, 0.15) is 6.10 Å². The van der Waals surface area contributed by atoms with Crippen molar-refractivity contribution in [3.05, 3.63) is 35.9 Å². The van der Waals surface area contributed by atoms with E-state index in [1.165, 1.54) is 51.0 Å². The second-order valence-corrected chi connectivity index (χ2v) is 6.00. The summed E-state index contributed by atoms with van der Waals surface area (Å²) >= 11 is 0. The fraction of sp³-hybridized carbons (Fsp3) is 0.682. The van der Waals surface area contributed by atoms with Crippen LogP contribution in [0.1, 0.15) is 71.3 Å². The number of benzene rings is 1. The highest BCUT2D eigenvalue weighted by atomic mass is 16.5. The molecule has 0 spiro atoms. The van der Waals surface area contributed by atoms with Crippen LogP contribution in [0.5, 0.6) is 0 Å². The predicted molar refractivity (Wildman–Crippen MR) is 109 cm³/mol. The Morgan fingerprint density at radius 2 is 1.62 bits per heavy atom. The molecule has 0 aliphatic heterocycles. The maximum absolute atomic E-state index is 10.9. The first kappa shape index (κ1) is 26.8. The molecule has 0 bridgehead atoms. The normalized spacial score (nSPS) is 17.5. The van der Waals surface area contributed by atoms with Crippen LogP contribution >= 0.6 is 0 Å². The zero-order chi connectivity index (χ0) is 20.2. The SMILES string of the molecule is CC.CC(=O)OC1CCC(CCCCCc2ccccc2)C1.CO.CO. The first-order valence-corrected chi connectivity index (χ1v) is 9.84. The Bertz CT molecular complexity index is 406. The van der Waals surface area contributed by atoms with Gasteiger partial charge in [0.2, 0.25) is 0 Å². The molecule has 2 N–H and O–H groups in total. The Hall–Kier alpha value is -1.39. The van der Waals surface area contributed by atoms with E-state index in [1.807, 2.05) is 13.8 Å². The Labute approximate surface area is 160 Å². The van der Waals surface area contributed by atoms with Crippen LogP contribution in [0.4, 0.5) is 0 Å². The third-order valence-corrected chi connectivity index (χ3v) is 4.25. The second kappa shape index (κ2) is 19.9. The first-order valence-electron chi connectivity index (χ1n) is 9.84. The minimum absolute atomic E-state index is 0.126. The molecule has 1 saturated carbocycles. The quantitative estimate of drug-likeness (QED) is 0.538. The average Bonchev–Trinajstić information content (AvgIpc) is 3.14. The summed E-state index contributed by atoms with van der Waals surface area (Å²) in [5.74, 6) is 0.648. The Balaban J connectivity index is 0. The van der Waals surface area contributed by atoms with Crippen LogP contribution < -0.4 is 0 Å². The Morgan fingerprint density at radius 3 is 2.19 bits per heavy atom. The molecule has 1 aliphatic rings. The van der Waals surface area contributed by atoms with Gasteiger partial charge in [0, 0.05) is 21.1 Å². The molecule has 152 valence electrons. The maximum atomic E-state index is 10.9. The Morgan fingerprint density at radius 1 is 1.00 bits per heavy atom. The van der Waals surface area contributed by atoms with Gasteiger partial charge in [-0.2, -0.15) is 0 Å². The molecule has 1 fully saturated rings. The molecule has 26 heavy (non-hydrogen) atoms. The number of hydrogen-bond donors (Lipinski definition) is 2. The monoisotopic (exact) mass is 368 g/mol. The number of aliphatic hydroxyl groups is 2. The lowest BCUT2D eigenvalue weighted by Crippen LogP contribution is -2.12. The number of unbranched alkanes of at least 4 members (excludes halogenated alkanes) is 2. The topological polar surface area (TPSA) is 66.8 Å². The summed E-state index contributed by atoms with van der Waals surface area (Å²) in [4.78, 5) is 10.9. The number of carbonyl (C=O) groups is 1. The van der Waals surface area contributed by atoms with Gasteiger partial charge >= 0.3 is 5.97 Å². The van der Waals surface area contributed by atoms with E-state index in [9.17, 15) is 4.79 Å². The summed E-state index contributed by atoms with van der Waals surface area (Å²) in [6, 6.07) is 10.7. The lowest BCUT2D eigenvalue weighted by molar-refractivity contribution is -0.146. The van der Waals surface area contributed by atoms with Crippen LogP contribution in [-0.4, -0.2) is 36.5 Å². The predicted octanol–water partition coefficient (Wildman–Crippen LogP) is 4.76. The van der Waals surface area contributed by atoms with Crippen molar-refractivity contribution in [2.45, 2.75) is 78.2 Å². The number of aryl methyl sites for hydroxylation is 1. The van der Waals surface area contributed by atoms with Crippen LogP contribution in [-0.2, 0) is 16.0 Å². The van der Waals surface area contributed by atoms with Crippen LogP contribution in [0.25, 0.3) is 0 Å². The number of ether oxygens (including phenoxy) is 1.